The highest BCUT2D eigenvalue weighted by atomic mass is 31.2. The van der Waals surface area contributed by atoms with Gasteiger partial charge in [-0.15, -0.1) is 0 Å². The molecule has 19 heteroatoms. The van der Waals surface area contributed by atoms with Gasteiger partial charge >= 0.3 is 39.5 Å². The summed E-state index contributed by atoms with van der Waals surface area (Å²) < 4.78 is 68.3. The predicted octanol–water partition coefficient (Wildman–Crippen LogP) is 22.2. The first-order chi connectivity index (χ1) is 49.7. The van der Waals surface area contributed by atoms with Gasteiger partial charge in [0.25, 0.3) is 0 Å². The van der Waals surface area contributed by atoms with Crippen LogP contribution in [0.2, 0.25) is 0 Å². The summed E-state index contributed by atoms with van der Waals surface area (Å²) in [5.41, 5.74) is 0. The number of carbonyl (C=O) groups excluding carboxylic acids is 4. The highest BCUT2D eigenvalue weighted by molar-refractivity contribution is 7.47. The number of phosphoric ester groups is 2. The van der Waals surface area contributed by atoms with Gasteiger partial charge in [0, 0.05) is 25.7 Å². The third-order valence-electron chi connectivity index (χ3n) is 15.2. The first kappa shape index (κ1) is 96.4. The van der Waals surface area contributed by atoms with E-state index >= 15 is 0 Å². The molecule has 0 fully saturated rings. The number of phosphoric acid groups is 2. The van der Waals surface area contributed by atoms with E-state index < -0.39 is 97.5 Å². The number of hydrogen-bond acceptors (Lipinski definition) is 15. The number of hydrogen-bond donors (Lipinski definition) is 3. The van der Waals surface area contributed by atoms with Gasteiger partial charge < -0.3 is 33.8 Å². The molecule has 0 aliphatic heterocycles. The zero-order chi connectivity index (χ0) is 74.6. The SMILES string of the molecule is CC/C=C\C/C=C\C/C=C\C/C=C\C/C=C\C/C=C\CCC(=O)OCC(COP(=O)(O)OCC(O)COP(=O)(O)OCC(COC(=O)CCCCCCC/C=C\C/C=C\CCC)OC(=O)CCCCCCCCCCCCC)OC(=O)CC/C=C\C/C=C\C/C=C\C/C=C\C/C=C\C/C=C\CC. The minimum absolute atomic E-state index is 0.0139. The lowest BCUT2D eigenvalue weighted by atomic mass is 10.1. The van der Waals surface area contributed by atoms with Gasteiger partial charge in [-0.3, -0.25) is 37.3 Å². The molecule has 0 rings (SSSR count). The molecule has 0 spiro atoms. The van der Waals surface area contributed by atoms with E-state index in [-0.39, 0.29) is 25.7 Å². The number of aliphatic hydroxyl groups is 1. The number of esters is 4. The van der Waals surface area contributed by atoms with E-state index in [1.54, 1.807) is 0 Å². The number of unbranched alkanes of at least 4 members (excludes halogenated alkanes) is 16. The summed E-state index contributed by atoms with van der Waals surface area (Å²) in [6.45, 7) is 4.36. The largest absolute Gasteiger partial charge is 0.472 e. The topological polar surface area (TPSA) is 237 Å². The molecular weight excluding hydrogens is 1330 g/mol. The van der Waals surface area contributed by atoms with E-state index in [4.69, 9.17) is 37.0 Å². The van der Waals surface area contributed by atoms with Crippen LogP contribution < -0.4 is 0 Å². The summed E-state index contributed by atoms with van der Waals surface area (Å²) in [6.07, 6.45) is 86.7. The van der Waals surface area contributed by atoms with E-state index in [2.05, 4.69) is 161 Å². The Hall–Kier alpha value is -5.58. The predicted molar refractivity (Wildman–Crippen MR) is 417 cm³/mol. The Labute approximate surface area is 616 Å². The number of rotatable bonds is 70. The first-order valence-electron chi connectivity index (χ1n) is 38.4. The molecule has 0 aliphatic carbocycles. The zero-order valence-electron chi connectivity index (χ0n) is 63.0. The summed E-state index contributed by atoms with van der Waals surface area (Å²) in [5.74, 6) is -2.40. The maximum Gasteiger partial charge on any atom is 0.472 e. The Kier molecular flexibility index (Phi) is 69.7. The molecule has 102 heavy (non-hydrogen) atoms. The number of aliphatic hydroxyl groups excluding tert-OH is 1. The van der Waals surface area contributed by atoms with E-state index in [9.17, 15) is 43.2 Å². The molecule has 0 bridgehead atoms. The fraction of sp³-hybridized carbons (Fsp3) is 0.614. The van der Waals surface area contributed by atoms with Crippen molar-refractivity contribution in [2.45, 2.75) is 290 Å². The second kappa shape index (κ2) is 73.7. The Balaban J connectivity index is 5.51. The van der Waals surface area contributed by atoms with Crippen LogP contribution in [-0.2, 0) is 65.4 Å². The standard InChI is InChI=1S/C83H134O17P2/c1-5-9-13-17-21-25-29-32-34-36-38-40-42-45-49-52-56-60-64-68-81(86)94-74-79(100-83(88)70-66-62-58-54-50-46-43-41-39-37-35-33-30-26-22-18-14-10-6-2)76-98-102(91,92)96-72-77(84)71-95-101(89,90)97-75-78(99-82(87)69-65-61-57-53-47-28-24-20-16-12-8-4)73-93-80(85)67-63-59-55-51-48-44-31-27-23-19-15-11-7-3/h9-10,13-15,19,21-22,25-27,31-35,38-41,45-46,49-50,56,58,60,62,77-79,84H,5-8,11-12,16-18,20,23-24,28-30,36-37,42-44,47-48,51-55,57,59,61,63-76H2,1-4H3,(H,89,90)(H,91,92)/b13-9-,14-10-,19-15-,25-21-,26-22-,31-27-,34-32-,35-33-,40-38-,41-39-,49-45-,50-46-,60-56-,62-58-. The summed E-state index contributed by atoms with van der Waals surface area (Å²) in [5, 5.41) is 10.6. The maximum absolute atomic E-state index is 13.1. The van der Waals surface area contributed by atoms with Crippen molar-refractivity contribution < 1.29 is 80.2 Å². The van der Waals surface area contributed by atoms with Gasteiger partial charge in [0.2, 0.25) is 0 Å². The van der Waals surface area contributed by atoms with Crippen molar-refractivity contribution in [3.05, 3.63) is 170 Å². The van der Waals surface area contributed by atoms with Crippen LogP contribution in [0.15, 0.2) is 170 Å². The fourth-order valence-electron chi connectivity index (χ4n) is 9.43. The van der Waals surface area contributed by atoms with Crippen molar-refractivity contribution in [3.63, 3.8) is 0 Å². The van der Waals surface area contributed by atoms with Gasteiger partial charge in [-0.05, 0) is 128 Å². The molecule has 5 unspecified atom stereocenters. The molecule has 0 saturated carbocycles. The first-order valence-corrected chi connectivity index (χ1v) is 41.4. The van der Waals surface area contributed by atoms with E-state index in [1.807, 2.05) is 36.5 Å². The molecule has 0 aromatic heterocycles. The van der Waals surface area contributed by atoms with Crippen molar-refractivity contribution in [3.8, 4) is 0 Å². The summed E-state index contributed by atoms with van der Waals surface area (Å²) in [7, 11) is -10.0. The molecule has 17 nitrogen and oxygen atoms in total. The van der Waals surface area contributed by atoms with Gasteiger partial charge in [-0.25, -0.2) is 9.13 Å². The summed E-state index contributed by atoms with van der Waals surface area (Å²) in [6, 6.07) is 0. The third-order valence-corrected chi connectivity index (χ3v) is 17.1. The van der Waals surface area contributed by atoms with Gasteiger partial charge in [0.15, 0.2) is 12.2 Å². The van der Waals surface area contributed by atoms with Crippen LogP contribution in [0.5, 0.6) is 0 Å². The lowest BCUT2D eigenvalue weighted by Gasteiger charge is -2.21. The third kappa shape index (κ3) is 72.8. The molecule has 0 aromatic carbocycles. The second-order valence-electron chi connectivity index (χ2n) is 24.8. The Morgan fingerprint density at radius 2 is 0.549 bits per heavy atom. The summed E-state index contributed by atoms with van der Waals surface area (Å²) >= 11 is 0. The minimum Gasteiger partial charge on any atom is -0.462 e. The van der Waals surface area contributed by atoms with E-state index in [0.717, 1.165) is 141 Å². The lowest BCUT2D eigenvalue weighted by molar-refractivity contribution is -0.161. The molecule has 5 atom stereocenters. The normalized spacial score (nSPS) is 14.9. The van der Waals surface area contributed by atoms with Crippen LogP contribution in [0.25, 0.3) is 0 Å². The van der Waals surface area contributed by atoms with Crippen molar-refractivity contribution in [1.29, 1.82) is 0 Å². The van der Waals surface area contributed by atoms with Gasteiger partial charge in [0.05, 0.1) is 26.4 Å². The van der Waals surface area contributed by atoms with Crippen LogP contribution in [0.1, 0.15) is 272 Å². The quantitative estimate of drug-likeness (QED) is 0.0169. The molecule has 0 aromatic rings. The number of allylic oxidation sites excluding steroid dienone is 28. The number of carbonyl (C=O) groups is 4. The molecule has 0 aliphatic rings. The van der Waals surface area contributed by atoms with Crippen LogP contribution in [0.3, 0.4) is 0 Å². The van der Waals surface area contributed by atoms with E-state index in [0.29, 0.717) is 38.5 Å². The monoisotopic (exact) mass is 1460 g/mol. The maximum atomic E-state index is 13.1. The van der Waals surface area contributed by atoms with Gasteiger partial charge in [-0.2, -0.15) is 0 Å². The van der Waals surface area contributed by atoms with Crippen molar-refractivity contribution in [2.24, 2.45) is 0 Å². The van der Waals surface area contributed by atoms with Crippen molar-refractivity contribution in [2.75, 3.05) is 39.6 Å². The zero-order valence-corrected chi connectivity index (χ0v) is 64.8. The van der Waals surface area contributed by atoms with Crippen LogP contribution in [-0.4, -0.2) is 96.7 Å². The summed E-state index contributed by atoms with van der Waals surface area (Å²) in [4.78, 5) is 72.8. The Morgan fingerprint density at radius 1 is 0.284 bits per heavy atom. The molecular formula is C83H134O17P2. The molecule has 3 N–H and O–H groups in total. The molecule has 0 radical (unpaired) electrons. The highest BCUT2D eigenvalue weighted by Crippen LogP contribution is 2.45. The molecule has 0 saturated heterocycles. The van der Waals surface area contributed by atoms with Crippen LogP contribution in [0, 0.1) is 0 Å². The van der Waals surface area contributed by atoms with Crippen LogP contribution >= 0.6 is 15.6 Å². The number of ether oxygens (including phenoxy) is 4. The van der Waals surface area contributed by atoms with E-state index in [1.165, 1.54) is 38.5 Å². The van der Waals surface area contributed by atoms with Crippen molar-refractivity contribution >= 4 is 39.5 Å². The van der Waals surface area contributed by atoms with Crippen molar-refractivity contribution in [1.82, 2.24) is 0 Å². The minimum atomic E-state index is -5.02. The molecule has 578 valence electrons. The van der Waals surface area contributed by atoms with Gasteiger partial charge in [-0.1, -0.05) is 288 Å². The Bertz CT molecular complexity index is 2600. The molecule has 0 heterocycles. The average Bonchev–Trinajstić information content (AvgIpc) is 0.940. The van der Waals surface area contributed by atoms with Crippen LogP contribution in [0.4, 0.5) is 0 Å². The van der Waals surface area contributed by atoms with Gasteiger partial charge in [0.1, 0.15) is 19.3 Å². The molecule has 0 amide bonds. The average molecular weight is 1470 g/mol. The Morgan fingerprint density at radius 3 is 0.902 bits per heavy atom. The smallest absolute Gasteiger partial charge is 0.462 e. The highest BCUT2D eigenvalue weighted by Gasteiger charge is 2.30. The second-order valence-corrected chi connectivity index (χ2v) is 27.7. The fourth-order valence-corrected chi connectivity index (χ4v) is 11.0. The lowest BCUT2D eigenvalue weighted by Crippen LogP contribution is -2.30.